The number of aliphatic hydroxyl groups excluding tert-OH is 1. The van der Waals surface area contributed by atoms with Crippen LogP contribution < -0.4 is 9.47 Å². The summed E-state index contributed by atoms with van der Waals surface area (Å²) in [4.78, 5) is 10.3. The van der Waals surface area contributed by atoms with Crippen molar-refractivity contribution in [3.05, 3.63) is 59.7 Å². The van der Waals surface area contributed by atoms with Crippen molar-refractivity contribution < 1.29 is 28.8 Å². The molecule has 0 aliphatic heterocycles. The van der Waals surface area contributed by atoms with Crippen LogP contribution in [0.5, 0.6) is 11.5 Å². The van der Waals surface area contributed by atoms with Crippen LogP contribution in [0.2, 0.25) is 0 Å². The molecule has 1 N–H and O–H groups in total. The fourth-order valence-corrected chi connectivity index (χ4v) is 2.28. The van der Waals surface area contributed by atoms with Gasteiger partial charge < -0.3 is 28.8 Å². The number of aliphatic hydroxyl groups is 1. The number of ether oxygens (including phenoxy) is 4. The Bertz CT molecular complexity index is 684. The van der Waals surface area contributed by atoms with E-state index in [-0.39, 0.29) is 18.4 Å². The average molecular weight is 419 g/mol. The van der Waals surface area contributed by atoms with Crippen LogP contribution >= 0.6 is 0 Å². The van der Waals surface area contributed by atoms with Gasteiger partial charge in [0, 0.05) is 18.4 Å². The smallest absolute Gasteiger partial charge is 0.125 e. The molecule has 30 heavy (non-hydrogen) atoms. The van der Waals surface area contributed by atoms with Crippen LogP contribution in [-0.4, -0.2) is 45.4 Å². The van der Waals surface area contributed by atoms with E-state index in [4.69, 9.17) is 24.1 Å². The Morgan fingerprint density at radius 3 is 1.60 bits per heavy atom. The van der Waals surface area contributed by atoms with Crippen LogP contribution in [0.25, 0.3) is 0 Å². The largest absolute Gasteiger partial charge is 0.497 e. The normalized spacial score (nSPS) is 12.3. The highest BCUT2D eigenvalue weighted by atomic mass is 16.5. The highest BCUT2D eigenvalue weighted by Gasteiger charge is 2.01. The van der Waals surface area contributed by atoms with Crippen molar-refractivity contribution in [2.75, 3.05) is 34.0 Å². The zero-order chi connectivity index (χ0) is 22.2. The van der Waals surface area contributed by atoms with Gasteiger partial charge in [-0.25, -0.2) is 0 Å². The van der Waals surface area contributed by atoms with Gasteiger partial charge in [-0.1, -0.05) is 38.1 Å². The van der Waals surface area contributed by atoms with E-state index in [1.165, 1.54) is 0 Å². The van der Waals surface area contributed by atoms with E-state index in [0.29, 0.717) is 26.4 Å². The third-order valence-corrected chi connectivity index (χ3v) is 4.18. The Labute approximate surface area is 179 Å². The Balaban J connectivity index is 0.000000300. The summed E-state index contributed by atoms with van der Waals surface area (Å²) in [7, 11) is 3.28. The maximum absolute atomic E-state index is 10.3. The quantitative estimate of drug-likeness (QED) is 0.527. The predicted molar refractivity (Wildman–Crippen MR) is 117 cm³/mol. The van der Waals surface area contributed by atoms with Crippen LogP contribution in [0, 0.1) is 11.8 Å². The number of methoxy groups -OCH3 is 2. The molecule has 0 spiro atoms. The summed E-state index contributed by atoms with van der Waals surface area (Å²) in [6.07, 6.45) is 0.897. The second-order valence-corrected chi connectivity index (χ2v) is 7.13. The van der Waals surface area contributed by atoms with Crippen molar-refractivity contribution in [1.82, 2.24) is 0 Å². The molecule has 0 aromatic heterocycles. The third kappa shape index (κ3) is 11.0. The first kappa shape index (κ1) is 25.6. The van der Waals surface area contributed by atoms with Gasteiger partial charge in [0.25, 0.3) is 0 Å². The maximum atomic E-state index is 10.3. The van der Waals surface area contributed by atoms with Crippen LogP contribution in [0.4, 0.5) is 0 Å². The van der Waals surface area contributed by atoms with Gasteiger partial charge >= 0.3 is 0 Å². The lowest BCUT2D eigenvalue weighted by Crippen LogP contribution is -2.09. The van der Waals surface area contributed by atoms with Gasteiger partial charge in [0.15, 0.2) is 0 Å². The molecule has 6 nitrogen and oxygen atoms in total. The van der Waals surface area contributed by atoms with Gasteiger partial charge in [0.2, 0.25) is 0 Å². The van der Waals surface area contributed by atoms with E-state index in [1.54, 1.807) is 14.2 Å². The summed E-state index contributed by atoms with van der Waals surface area (Å²) >= 11 is 0. The third-order valence-electron chi connectivity index (χ3n) is 4.18. The highest BCUT2D eigenvalue weighted by molar-refractivity contribution is 5.52. The molecule has 0 heterocycles. The van der Waals surface area contributed by atoms with E-state index < -0.39 is 0 Å². The lowest BCUT2D eigenvalue weighted by molar-refractivity contribution is -0.112. The number of rotatable bonds is 12. The molecule has 166 valence electrons. The minimum atomic E-state index is -0.0387. The topological polar surface area (TPSA) is 74.2 Å². The van der Waals surface area contributed by atoms with Gasteiger partial charge in [0.05, 0.1) is 40.6 Å². The van der Waals surface area contributed by atoms with Crippen LogP contribution in [0.3, 0.4) is 0 Å². The average Bonchev–Trinajstić information content (AvgIpc) is 2.80. The molecule has 0 radical (unpaired) electrons. The molecule has 0 aliphatic rings. The number of carbonyl (C=O) groups is 1. The molecule has 2 aromatic rings. The van der Waals surface area contributed by atoms with E-state index in [1.807, 2.05) is 62.4 Å². The first-order valence-corrected chi connectivity index (χ1v) is 9.99. The van der Waals surface area contributed by atoms with Crippen molar-refractivity contribution >= 4 is 6.29 Å². The Hall–Kier alpha value is -2.41. The van der Waals surface area contributed by atoms with Crippen molar-refractivity contribution in [3.8, 4) is 11.5 Å². The number of carbonyl (C=O) groups excluding carboxylic acids is 1. The first-order valence-electron chi connectivity index (χ1n) is 9.99. The molecule has 0 fully saturated rings. The second-order valence-electron chi connectivity index (χ2n) is 7.13. The van der Waals surface area contributed by atoms with E-state index in [0.717, 1.165) is 28.9 Å². The predicted octanol–water partition coefficient (Wildman–Crippen LogP) is 3.89. The lowest BCUT2D eigenvalue weighted by Gasteiger charge is -2.09. The lowest BCUT2D eigenvalue weighted by atomic mass is 10.2. The summed E-state index contributed by atoms with van der Waals surface area (Å²) in [5, 5.41) is 8.80. The molecule has 0 bridgehead atoms. The minimum Gasteiger partial charge on any atom is -0.497 e. The summed E-state index contributed by atoms with van der Waals surface area (Å²) in [6, 6.07) is 15.5. The number of hydrogen-bond donors (Lipinski definition) is 1. The zero-order valence-electron chi connectivity index (χ0n) is 18.4. The van der Waals surface area contributed by atoms with Crippen LogP contribution in [0.15, 0.2) is 48.5 Å². The molecule has 0 saturated carbocycles. The molecule has 2 aromatic carbocycles. The minimum absolute atomic E-state index is 0.0387. The van der Waals surface area contributed by atoms with Crippen LogP contribution in [0.1, 0.15) is 25.0 Å². The SMILES string of the molecule is COc1ccc(COC[C@H](C)C=O)cc1.COc1ccc(COC[C@H](C)CO)cc1. The van der Waals surface area contributed by atoms with Gasteiger partial charge in [-0.3, -0.25) is 0 Å². The maximum Gasteiger partial charge on any atom is 0.125 e. The summed E-state index contributed by atoms with van der Waals surface area (Å²) in [5.74, 6) is 1.84. The monoisotopic (exact) mass is 418 g/mol. The fourth-order valence-electron chi connectivity index (χ4n) is 2.28. The molecule has 2 rings (SSSR count). The second kappa shape index (κ2) is 15.4. The van der Waals surface area contributed by atoms with Gasteiger partial charge in [-0.2, -0.15) is 0 Å². The molecule has 0 unspecified atom stereocenters. The Morgan fingerprint density at radius 1 is 0.800 bits per heavy atom. The van der Waals surface area contributed by atoms with Gasteiger partial charge in [-0.15, -0.1) is 0 Å². The zero-order valence-corrected chi connectivity index (χ0v) is 18.4. The molecule has 0 amide bonds. The van der Waals surface area contributed by atoms with Crippen LogP contribution in [-0.2, 0) is 27.5 Å². The van der Waals surface area contributed by atoms with Crippen molar-refractivity contribution in [1.29, 1.82) is 0 Å². The van der Waals surface area contributed by atoms with Crippen molar-refractivity contribution in [2.24, 2.45) is 11.8 Å². The van der Waals surface area contributed by atoms with E-state index >= 15 is 0 Å². The molecule has 6 heteroatoms. The van der Waals surface area contributed by atoms with E-state index in [9.17, 15) is 4.79 Å². The van der Waals surface area contributed by atoms with Crippen molar-refractivity contribution in [2.45, 2.75) is 27.1 Å². The van der Waals surface area contributed by atoms with E-state index in [2.05, 4.69) is 0 Å². The highest BCUT2D eigenvalue weighted by Crippen LogP contribution is 2.13. The molecular weight excluding hydrogens is 384 g/mol. The Kier molecular flexibility index (Phi) is 13.2. The number of aldehydes is 1. The summed E-state index contributed by atoms with van der Waals surface area (Å²) in [6.45, 7) is 6.12. The van der Waals surface area contributed by atoms with Gasteiger partial charge in [-0.05, 0) is 35.4 Å². The number of benzene rings is 2. The molecular formula is C24H34O6. The Morgan fingerprint density at radius 2 is 1.23 bits per heavy atom. The fraction of sp³-hybridized carbons (Fsp3) is 0.458. The van der Waals surface area contributed by atoms with Crippen molar-refractivity contribution in [3.63, 3.8) is 0 Å². The van der Waals surface area contributed by atoms with Gasteiger partial charge in [0.1, 0.15) is 17.8 Å². The number of hydrogen-bond acceptors (Lipinski definition) is 6. The first-order chi connectivity index (χ1) is 14.5. The molecule has 2 atom stereocenters. The molecule has 0 aliphatic carbocycles. The summed E-state index contributed by atoms with van der Waals surface area (Å²) in [5.41, 5.74) is 2.19. The molecule has 0 saturated heterocycles. The standard InChI is InChI=1S/C12H18O3.C12H16O3/c2*1-10(7-13)8-15-9-11-3-5-12(14-2)6-4-11/h3-6,10,13H,7-9H2,1-2H3;3-7,10H,8-9H2,1-2H3/t2*10-/m11/s1. The summed E-state index contributed by atoms with van der Waals surface area (Å²) < 4.78 is 20.9.